The molecule has 4 heteroatoms. The largest absolute Gasteiger partial charge is 0.478 e. The Kier molecular flexibility index (Phi) is 3.47. The van der Waals surface area contributed by atoms with E-state index >= 15 is 0 Å². The highest BCUT2D eigenvalue weighted by Gasteiger charge is 2.34. The normalized spacial score (nSPS) is 25.6. The van der Waals surface area contributed by atoms with Crippen LogP contribution in [0.15, 0.2) is 18.2 Å². The number of carboxylic acids is 1. The Morgan fingerprint density at radius 2 is 2.19 bits per heavy atom. The van der Waals surface area contributed by atoms with Gasteiger partial charge in [-0.05, 0) is 43.7 Å². The molecular weight excluding hydrogens is 264 g/mol. The molecule has 1 aliphatic rings. The van der Waals surface area contributed by atoms with E-state index in [1.165, 1.54) is 12.8 Å². The summed E-state index contributed by atoms with van der Waals surface area (Å²) in [6.45, 7) is 6.56. The van der Waals surface area contributed by atoms with Crippen LogP contribution in [-0.4, -0.2) is 20.6 Å². The first-order valence-corrected chi connectivity index (χ1v) is 7.75. The summed E-state index contributed by atoms with van der Waals surface area (Å²) in [5.41, 5.74) is 1.88. The van der Waals surface area contributed by atoms with Crippen LogP contribution in [0.5, 0.6) is 0 Å². The van der Waals surface area contributed by atoms with Crippen LogP contribution in [-0.2, 0) is 0 Å². The van der Waals surface area contributed by atoms with Crippen molar-refractivity contribution in [1.82, 2.24) is 9.55 Å². The van der Waals surface area contributed by atoms with Crippen molar-refractivity contribution in [2.75, 3.05) is 0 Å². The third-order valence-electron chi connectivity index (χ3n) is 5.17. The smallest absolute Gasteiger partial charge is 0.337 e. The zero-order valence-electron chi connectivity index (χ0n) is 12.8. The highest BCUT2D eigenvalue weighted by Crippen LogP contribution is 2.43. The fourth-order valence-corrected chi connectivity index (χ4v) is 3.99. The average molecular weight is 286 g/mol. The summed E-state index contributed by atoms with van der Waals surface area (Å²) in [6.07, 6.45) is 3.62. The Hall–Kier alpha value is -1.84. The number of rotatable bonds is 3. The van der Waals surface area contributed by atoms with E-state index in [4.69, 9.17) is 0 Å². The number of para-hydroxylation sites is 1. The molecule has 21 heavy (non-hydrogen) atoms. The van der Waals surface area contributed by atoms with Gasteiger partial charge in [-0.25, -0.2) is 9.78 Å². The number of hydrogen-bond acceptors (Lipinski definition) is 2. The van der Waals surface area contributed by atoms with Gasteiger partial charge in [-0.3, -0.25) is 0 Å². The van der Waals surface area contributed by atoms with Crippen LogP contribution < -0.4 is 0 Å². The third kappa shape index (κ3) is 2.13. The molecule has 3 rings (SSSR count). The highest BCUT2D eigenvalue weighted by atomic mass is 16.4. The lowest BCUT2D eigenvalue weighted by molar-refractivity contribution is 0.0699. The quantitative estimate of drug-likeness (QED) is 0.926. The first-order chi connectivity index (χ1) is 10.0. The van der Waals surface area contributed by atoms with E-state index in [0.717, 1.165) is 23.7 Å². The maximum Gasteiger partial charge on any atom is 0.337 e. The van der Waals surface area contributed by atoms with Crippen molar-refractivity contribution in [3.63, 3.8) is 0 Å². The monoisotopic (exact) mass is 286 g/mol. The second-order valence-corrected chi connectivity index (χ2v) is 6.18. The number of hydrogen-bond donors (Lipinski definition) is 1. The Morgan fingerprint density at radius 3 is 2.81 bits per heavy atom. The number of carbonyl (C=O) groups is 1. The summed E-state index contributed by atoms with van der Waals surface area (Å²) in [7, 11) is 0. The molecule has 3 atom stereocenters. The molecule has 1 fully saturated rings. The lowest BCUT2D eigenvalue weighted by Gasteiger charge is -2.23. The lowest BCUT2D eigenvalue weighted by Crippen LogP contribution is -2.16. The average Bonchev–Trinajstić information content (AvgIpc) is 2.97. The molecule has 0 saturated heterocycles. The second-order valence-electron chi connectivity index (χ2n) is 6.18. The first-order valence-electron chi connectivity index (χ1n) is 7.75. The number of aromatic carboxylic acids is 1. The van der Waals surface area contributed by atoms with Gasteiger partial charge in [0.25, 0.3) is 0 Å². The zero-order valence-corrected chi connectivity index (χ0v) is 12.8. The minimum Gasteiger partial charge on any atom is -0.478 e. The Bertz CT molecular complexity index is 689. The van der Waals surface area contributed by atoms with Gasteiger partial charge in [0.2, 0.25) is 0 Å². The molecule has 4 nitrogen and oxygen atoms in total. The van der Waals surface area contributed by atoms with Crippen molar-refractivity contribution in [3.05, 3.63) is 29.6 Å². The highest BCUT2D eigenvalue weighted by molar-refractivity contribution is 6.01. The molecule has 1 aromatic carbocycles. The van der Waals surface area contributed by atoms with Crippen molar-refractivity contribution in [2.24, 2.45) is 11.8 Å². The number of aromatic nitrogens is 2. The summed E-state index contributed by atoms with van der Waals surface area (Å²) >= 11 is 0. The predicted molar refractivity (Wildman–Crippen MR) is 82.6 cm³/mol. The zero-order chi connectivity index (χ0) is 15.1. The molecule has 0 radical (unpaired) electrons. The topological polar surface area (TPSA) is 55.1 Å². The molecular formula is C17H22N2O2. The fourth-order valence-electron chi connectivity index (χ4n) is 3.99. The van der Waals surface area contributed by atoms with E-state index in [0.29, 0.717) is 23.0 Å². The maximum absolute atomic E-state index is 11.4. The van der Waals surface area contributed by atoms with Crippen molar-refractivity contribution in [3.8, 4) is 0 Å². The number of aryl methyl sites for hydroxylation is 1. The summed E-state index contributed by atoms with van der Waals surface area (Å²) in [4.78, 5) is 15.9. The van der Waals surface area contributed by atoms with E-state index in [9.17, 15) is 9.90 Å². The van der Waals surface area contributed by atoms with E-state index in [1.807, 2.05) is 19.1 Å². The summed E-state index contributed by atoms with van der Waals surface area (Å²) in [5, 5.41) is 9.33. The molecule has 1 saturated carbocycles. The molecule has 112 valence electrons. The number of benzene rings is 1. The predicted octanol–water partition coefficient (Wildman–Crippen LogP) is 4.04. The number of fused-ring (bicyclic) bond motifs is 1. The van der Waals surface area contributed by atoms with Crippen LogP contribution in [0, 0.1) is 18.8 Å². The Balaban J connectivity index is 2.14. The number of imidazole rings is 1. The minimum absolute atomic E-state index is 0.298. The number of carboxylic acid groups (broad SMARTS) is 1. The van der Waals surface area contributed by atoms with Crippen molar-refractivity contribution in [2.45, 2.75) is 46.1 Å². The molecule has 1 aliphatic carbocycles. The van der Waals surface area contributed by atoms with Gasteiger partial charge in [-0.15, -0.1) is 0 Å². The summed E-state index contributed by atoms with van der Waals surface area (Å²) in [5.74, 6) is 1.39. The molecule has 1 aromatic heterocycles. The van der Waals surface area contributed by atoms with Crippen LogP contribution in [0.4, 0.5) is 0 Å². The summed E-state index contributed by atoms with van der Waals surface area (Å²) in [6, 6.07) is 5.88. The van der Waals surface area contributed by atoms with Gasteiger partial charge in [0.05, 0.1) is 11.1 Å². The van der Waals surface area contributed by atoms with Gasteiger partial charge < -0.3 is 9.67 Å². The molecule has 1 heterocycles. The van der Waals surface area contributed by atoms with E-state index in [-0.39, 0.29) is 0 Å². The van der Waals surface area contributed by atoms with Crippen LogP contribution >= 0.6 is 0 Å². The molecule has 0 amide bonds. The van der Waals surface area contributed by atoms with Crippen LogP contribution in [0.25, 0.3) is 11.0 Å². The molecule has 0 spiro atoms. The SMILES string of the molecule is CCC1CCC(n2c(C)nc3c(C(=O)O)cccc32)C1C. The fraction of sp³-hybridized carbons (Fsp3) is 0.529. The van der Waals surface area contributed by atoms with E-state index < -0.39 is 5.97 Å². The maximum atomic E-state index is 11.4. The van der Waals surface area contributed by atoms with Crippen molar-refractivity contribution >= 4 is 17.0 Å². The molecule has 3 unspecified atom stereocenters. The molecule has 2 aromatic rings. The van der Waals surface area contributed by atoms with Gasteiger partial charge in [0.1, 0.15) is 11.3 Å². The minimum atomic E-state index is -0.906. The first kappa shape index (κ1) is 14.1. The lowest BCUT2D eigenvalue weighted by atomic mass is 9.93. The van der Waals surface area contributed by atoms with Gasteiger partial charge in [0.15, 0.2) is 0 Å². The van der Waals surface area contributed by atoms with E-state index in [1.54, 1.807) is 6.07 Å². The number of nitrogens with zero attached hydrogens (tertiary/aromatic N) is 2. The molecule has 1 N–H and O–H groups in total. The van der Waals surface area contributed by atoms with Gasteiger partial charge >= 0.3 is 5.97 Å². The van der Waals surface area contributed by atoms with Crippen molar-refractivity contribution < 1.29 is 9.90 Å². The third-order valence-corrected chi connectivity index (χ3v) is 5.17. The Labute approximate surface area is 124 Å². The molecule has 0 aliphatic heterocycles. The van der Waals surface area contributed by atoms with E-state index in [2.05, 4.69) is 23.4 Å². The second kappa shape index (κ2) is 5.17. The van der Waals surface area contributed by atoms with Gasteiger partial charge in [-0.2, -0.15) is 0 Å². The summed E-state index contributed by atoms with van der Waals surface area (Å²) < 4.78 is 2.27. The van der Waals surface area contributed by atoms with Crippen LogP contribution in [0.1, 0.15) is 55.3 Å². The standard InChI is InChI=1S/C17H22N2O2/c1-4-12-8-9-14(10(12)2)19-11(3)18-16-13(17(20)21)6-5-7-15(16)19/h5-7,10,12,14H,4,8-9H2,1-3H3,(H,20,21). The van der Waals surface area contributed by atoms with Gasteiger partial charge in [-0.1, -0.05) is 26.3 Å². The Morgan fingerprint density at radius 1 is 1.43 bits per heavy atom. The van der Waals surface area contributed by atoms with Crippen LogP contribution in [0.2, 0.25) is 0 Å². The molecule has 0 bridgehead atoms. The van der Waals surface area contributed by atoms with Crippen molar-refractivity contribution in [1.29, 1.82) is 0 Å². The van der Waals surface area contributed by atoms with Crippen LogP contribution in [0.3, 0.4) is 0 Å². The van der Waals surface area contributed by atoms with Gasteiger partial charge in [0, 0.05) is 6.04 Å².